The lowest BCUT2D eigenvalue weighted by atomic mass is 9.94. The zero-order valence-electron chi connectivity index (χ0n) is 14.9. The predicted octanol–water partition coefficient (Wildman–Crippen LogP) is 2.97. The number of amides is 1. The Labute approximate surface area is 149 Å². The Morgan fingerprint density at radius 3 is 2.24 bits per heavy atom. The van der Waals surface area contributed by atoms with Crippen molar-refractivity contribution in [3.63, 3.8) is 0 Å². The van der Waals surface area contributed by atoms with Gasteiger partial charge in [-0.25, -0.2) is 4.39 Å². The molecule has 4 nitrogen and oxygen atoms in total. The molecule has 0 spiro atoms. The summed E-state index contributed by atoms with van der Waals surface area (Å²) in [6, 6.07) is 6.03. The monoisotopic (exact) mass is 348 g/mol. The topological polar surface area (TPSA) is 43.8 Å². The zero-order valence-corrected chi connectivity index (χ0v) is 14.9. The molecule has 25 heavy (non-hydrogen) atoms. The summed E-state index contributed by atoms with van der Waals surface area (Å²) >= 11 is 0. The average Bonchev–Trinajstić information content (AvgIpc) is 2.92. The predicted molar refractivity (Wildman–Crippen MR) is 95.6 cm³/mol. The van der Waals surface area contributed by atoms with E-state index in [1.165, 1.54) is 25.0 Å². The number of carbonyl (C=O) groups excluding carboxylic acids is 1. The molecular formula is C20H29FN2O2. The summed E-state index contributed by atoms with van der Waals surface area (Å²) in [5, 5.41) is 10.3. The van der Waals surface area contributed by atoms with Crippen LogP contribution in [-0.4, -0.2) is 53.5 Å². The molecule has 2 aliphatic rings. The highest BCUT2D eigenvalue weighted by atomic mass is 19.1. The fourth-order valence-electron chi connectivity index (χ4n) is 3.95. The van der Waals surface area contributed by atoms with Crippen molar-refractivity contribution in [3.8, 4) is 0 Å². The smallest absolute Gasteiger partial charge is 0.225 e. The number of halogens is 1. The summed E-state index contributed by atoms with van der Waals surface area (Å²) < 4.78 is 13.0. The molecule has 0 radical (unpaired) electrons. The van der Waals surface area contributed by atoms with Gasteiger partial charge in [0.2, 0.25) is 5.91 Å². The molecule has 5 heteroatoms. The SMILES string of the molecule is O=C(C1CCN(CC(O)c2ccc(F)cc2)CC1)N1CCCCCC1. The molecule has 0 bridgehead atoms. The van der Waals surface area contributed by atoms with Crippen LogP contribution in [0.2, 0.25) is 0 Å². The molecule has 2 aliphatic heterocycles. The number of piperidine rings is 1. The van der Waals surface area contributed by atoms with Crippen LogP contribution in [0.5, 0.6) is 0 Å². The number of hydrogen-bond donors (Lipinski definition) is 1. The number of rotatable bonds is 4. The first-order chi connectivity index (χ1) is 12.1. The fraction of sp³-hybridized carbons (Fsp3) is 0.650. The zero-order chi connectivity index (χ0) is 17.6. The molecule has 0 saturated carbocycles. The van der Waals surface area contributed by atoms with Crippen LogP contribution in [0.25, 0.3) is 0 Å². The normalized spacial score (nSPS) is 21.8. The Morgan fingerprint density at radius 2 is 1.64 bits per heavy atom. The van der Waals surface area contributed by atoms with Gasteiger partial charge in [-0.1, -0.05) is 25.0 Å². The summed E-state index contributed by atoms with van der Waals surface area (Å²) in [7, 11) is 0. The second kappa shape index (κ2) is 8.77. The largest absolute Gasteiger partial charge is 0.387 e. The maximum Gasteiger partial charge on any atom is 0.225 e. The molecule has 138 valence electrons. The Kier molecular flexibility index (Phi) is 6.43. The van der Waals surface area contributed by atoms with Crippen molar-refractivity contribution >= 4 is 5.91 Å². The van der Waals surface area contributed by atoms with Gasteiger partial charge >= 0.3 is 0 Å². The van der Waals surface area contributed by atoms with Crippen LogP contribution < -0.4 is 0 Å². The van der Waals surface area contributed by atoms with Crippen LogP contribution in [-0.2, 0) is 4.79 Å². The average molecular weight is 348 g/mol. The Hall–Kier alpha value is -1.46. The van der Waals surface area contributed by atoms with Gasteiger partial charge in [-0.3, -0.25) is 4.79 Å². The van der Waals surface area contributed by atoms with E-state index in [0.717, 1.165) is 57.4 Å². The van der Waals surface area contributed by atoms with Crippen molar-refractivity contribution in [1.29, 1.82) is 0 Å². The minimum atomic E-state index is -0.613. The molecule has 0 aliphatic carbocycles. The van der Waals surface area contributed by atoms with E-state index >= 15 is 0 Å². The highest BCUT2D eigenvalue weighted by molar-refractivity contribution is 5.79. The maximum atomic E-state index is 13.0. The summed E-state index contributed by atoms with van der Waals surface area (Å²) in [6.07, 6.45) is 5.87. The molecule has 2 fully saturated rings. The Balaban J connectivity index is 1.46. The van der Waals surface area contributed by atoms with Gasteiger partial charge in [-0.05, 0) is 56.5 Å². The first kappa shape index (κ1) is 18.3. The van der Waals surface area contributed by atoms with E-state index in [2.05, 4.69) is 9.80 Å². The molecule has 1 aromatic carbocycles. The van der Waals surface area contributed by atoms with Crippen LogP contribution in [0.3, 0.4) is 0 Å². The Morgan fingerprint density at radius 1 is 1.04 bits per heavy atom. The van der Waals surface area contributed by atoms with Crippen LogP contribution in [0.4, 0.5) is 4.39 Å². The number of benzene rings is 1. The van der Waals surface area contributed by atoms with Crippen LogP contribution in [0, 0.1) is 11.7 Å². The van der Waals surface area contributed by atoms with Gasteiger partial charge in [-0.2, -0.15) is 0 Å². The third-order valence-electron chi connectivity index (χ3n) is 5.54. The molecule has 1 aromatic rings. The van der Waals surface area contributed by atoms with Gasteiger partial charge in [0, 0.05) is 25.6 Å². The van der Waals surface area contributed by atoms with Gasteiger partial charge < -0.3 is 14.9 Å². The molecular weight excluding hydrogens is 319 g/mol. The first-order valence-corrected chi connectivity index (χ1v) is 9.58. The molecule has 3 rings (SSSR count). The fourth-order valence-corrected chi connectivity index (χ4v) is 3.95. The number of β-amino-alcohol motifs (C(OH)–C–C–N with tert-alkyl or cyclic N) is 1. The van der Waals surface area contributed by atoms with Crippen molar-refractivity contribution in [2.75, 3.05) is 32.7 Å². The van der Waals surface area contributed by atoms with Gasteiger partial charge in [0.1, 0.15) is 5.82 Å². The van der Waals surface area contributed by atoms with Gasteiger partial charge in [0.15, 0.2) is 0 Å². The van der Waals surface area contributed by atoms with E-state index in [9.17, 15) is 14.3 Å². The van der Waals surface area contributed by atoms with Gasteiger partial charge in [-0.15, -0.1) is 0 Å². The molecule has 1 N–H and O–H groups in total. The van der Waals surface area contributed by atoms with E-state index in [1.54, 1.807) is 12.1 Å². The highest BCUT2D eigenvalue weighted by Gasteiger charge is 2.29. The van der Waals surface area contributed by atoms with Crippen molar-refractivity contribution in [2.45, 2.75) is 44.6 Å². The summed E-state index contributed by atoms with van der Waals surface area (Å²) in [6.45, 7) is 4.05. The van der Waals surface area contributed by atoms with E-state index in [0.29, 0.717) is 12.5 Å². The number of nitrogens with zero attached hydrogens (tertiary/aromatic N) is 2. The lowest BCUT2D eigenvalue weighted by Crippen LogP contribution is -2.43. The van der Waals surface area contributed by atoms with E-state index < -0.39 is 6.10 Å². The number of hydrogen-bond acceptors (Lipinski definition) is 3. The number of carbonyl (C=O) groups is 1. The van der Waals surface area contributed by atoms with E-state index in [-0.39, 0.29) is 11.7 Å². The number of aliphatic hydroxyl groups is 1. The van der Waals surface area contributed by atoms with Gasteiger partial charge in [0.05, 0.1) is 6.10 Å². The minimum Gasteiger partial charge on any atom is -0.387 e. The Bertz CT molecular complexity index is 547. The van der Waals surface area contributed by atoms with Crippen LogP contribution in [0.15, 0.2) is 24.3 Å². The third kappa shape index (κ3) is 5.02. The molecule has 2 saturated heterocycles. The lowest BCUT2D eigenvalue weighted by molar-refractivity contribution is -0.137. The highest BCUT2D eigenvalue weighted by Crippen LogP contribution is 2.24. The molecule has 1 unspecified atom stereocenters. The molecule has 2 heterocycles. The maximum absolute atomic E-state index is 13.0. The quantitative estimate of drug-likeness (QED) is 0.910. The number of likely N-dealkylation sites (tertiary alicyclic amines) is 2. The second-order valence-electron chi connectivity index (χ2n) is 7.38. The van der Waals surface area contributed by atoms with E-state index in [4.69, 9.17) is 0 Å². The van der Waals surface area contributed by atoms with Crippen molar-refractivity contribution in [2.24, 2.45) is 5.92 Å². The summed E-state index contributed by atoms with van der Waals surface area (Å²) in [5.74, 6) is 0.182. The third-order valence-corrected chi connectivity index (χ3v) is 5.54. The summed E-state index contributed by atoms with van der Waals surface area (Å²) in [4.78, 5) is 17.0. The minimum absolute atomic E-state index is 0.136. The lowest BCUT2D eigenvalue weighted by Gasteiger charge is -2.34. The van der Waals surface area contributed by atoms with Crippen LogP contribution >= 0.6 is 0 Å². The molecule has 0 aromatic heterocycles. The van der Waals surface area contributed by atoms with Crippen LogP contribution in [0.1, 0.15) is 50.2 Å². The second-order valence-corrected chi connectivity index (χ2v) is 7.38. The van der Waals surface area contributed by atoms with Crippen molar-refractivity contribution in [3.05, 3.63) is 35.6 Å². The molecule has 1 amide bonds. The first-order valence-electron chi connectivity index (χ1n) is 9.58. The summed E-state index contributed by atoms with van der Waals surface area (Å²) in [5.41, 5.74) is 0.740. The van der Waals surface area contributed by atoms with Crippen molar-refractivity contribution in [1.82, 2.24) is 9.80 Å². The number of aliphatic hydroxyl groups excluding tert-OH is 1. The van der Waals surface area contributed by atoms with Crippen molar-refractivity contribution < 1.29 is 14.3 Å². The molecule has 1 atom stereocenters. The standard InChI is InChI=1S/C20H29FN2O2/c21-18-7-5-16(6-8-18)19(24)15-22-13-9-17(10-14-22)20(25)23-11-3-1-2-4-12-23/h5-8,17,19,24H,1-4,9-15H2. The van der Waals surface area contributed by atoms with Gasteiger partial charge in [0.25, 0.3) is 0 Å². The van der Waals surface area contributed by atoms with E-state index in [1.807, 2.05) is 0 Å².